The Morgan fingerprint density at radius 1 is 1.04 bits per heavy atom. The molecular formula is C19H17Cl2NO4. The molecule has 1 saturated heterocycles. The van der Waals surface area contributed by atoms with Gasteiger partial charge in [0.15, 0.2) is 0 Å². The lowest BCUT2D eigenvalue weighted by atomic mass is 10.1. The van der Waals surface area contributed by atoms with E-state index in [0.717, 1.165) is 6.42 Å². The van der Waals surface area contributed by atoms with Gasteiger partial charge in [-0.3, -0.25) is 4.79 Å². The summed E-state index contributed by atoms with van der Waals surface area (Å²) in [6, 6.07) is 12.6. The Morgan fingerprint density at radius 3 is 2.54 bits per heavy atom. The lowest BCUT2D eigenvalue weighted by Gasteiger charge is -2.32. The van der Waals surface area contributed by atoms with E-state index >= 15 is 0 Å². The number of ether oxygens (including phenoxy) is 3. The Bertz CT molecular complexity index is 836. The zero-order valence-corrected chi connectivity index (χ0v) is 15.4. The molecule has 0 saturated carbocycles. The van der Waals surface area contributed by atoms with Gasteiger partial charge in [0.2, 0.25) is 0 Å². The molecule has 4 rings (SSSR count). The number of hydrogen-bond donors (Lipinski definition) is 0. The third-order valence-electron chi connectivity index (χ3n) is 4.45. The number of amides is 1. The number of carbonyl (C=O) groups is 1. The average Bonchev–Trinajstić information content (AvgIpc) is 2.88. The maximum absolute atomic E-state index is 13.1. The number of nitrogens with zero attached hydrogens (tertiary/aromatic N) is 1. The van der Waals surface area contributed by atoms with Crippen LogP contribution in [0.5, 0.6) is 5.75 Å². The summed E-state index contributed by atoms with van der Waals surface area (Å²) in [5.74, 6) is -1.11. The van der Waals surface area contributed by atoms with Gasteiger partial charge < -0.3 is 19.1 Å². The molecule has 0 radical (unpaired) electrons. The minimum absolute atomic E-state index is 0.260. The first-order chi connectivity index (χ1) is 12.6. The quantitative estimate of drug-likeness (QED) is 0.787. The largest absolute Gasteiger partial charge is 0.490 e. The lowest BCUT2D eigenvalue weighted by molar-refractivity contribution is -0.256. The second kappa shape index (κ2) is 7.08. The van der Waals surface area contributed by atoms with Crippen LogP contribution in [0.4, 0.5) is 5.69 Å². The highest BCUT2D eigenvalue weighted by Gasteiger charge is 2.55. The highest BCUT2D eigenvalue weighted by Crippen LogP contribution is 2.48. The maximum Gasteiger partial charge on any atom is 0.292 e. The molecule has 2 aromatic rings. The van der Waals surface area contributed by atoms with Gasteiger partial charge in [-0.15, -0.1) is 0 Å². The van der Waals surface area contributed by atoms with E-state index in [1.807, 2.05) is 18.2 Å². The van der Waals surface area contributed by atoms with Crippen molar-refractivity contribution < 1.29 is 19.0 Å². The summed E-state index contributed by atoms with van der Waals surface area (Å²) in [6.45, 7) is 1.48. The molecule has 2 aromatic carbocycles. The predicted molar refractivity (Wildman–Crippen MR) is 99.0 cm³/mol. The van der Waals surface area contributed by atoms with Crippen LogP contribution in [0, 0.1) is 0 Å². The van der Waals surface area contributed by atoms with Crippen molar-refractivity contribution >= 4 is 34.8 Å². The molecule has 136 valence electrons. The Morgan fingerprint density at radius 2 is 1.77 bits per heavy atom. The first-order valence-corrected chi connectivity index (χ1v) is 9.15. The van der Waals surface area contributed by atoms with Gasteiger partial charge in [-0.2, -0.15) is 0 Å². The van der Waals surface area contributed by atoms with Gasteiger partial charge in [-0.05, 0) is 24.6 Å². The SMILES string of the molecule is O=C1N(CCOc2ccccc2Cl)c2c(Cl)cccc2C12OCCCO2. The van der Waals surface area contributed by atoms with Crippen molar-refractivity contribution in [2.75, 3.05) is 31.3 Å². The lowest BCUT2D eigenvalue weighted by Crippen LogP contribution is -2.48. The van der Waals surface area contributed by atoms with E-state index in [9.17, 15) is 4.79 Å². The van der Waals surface area contributed by atoms with Crippen molar-refractivity contribution in [1.82, 2.24) is 0 Å². The Kier molecular flexibility index (Phi) is 4.80. The van der Waals surface area contributed by atoms with E-state index < -0.39 is 5.79 Å². The fourth-order valence-corrected chi connectivity index (χ4v) is 3.75. The minimum Gasteiger partial charge on any atom is -0.490 e. The molecule has 0 atom stereocenters. The number of rotatable bonds is 4. The van der Waals surface area contributed by atoms with Gasteiger partial charge in [0.05, 0.1) is 35.5 Å². The van der Waals surface area contributed by atoms with Crippen molar-refractivity contribution in [3.8, 4) is 5.75 Å². The number of para-hydroxylation sites is 2. The number of halogens is 2. The van der Waals surface area contributed by atoms with Gasteiger partial charge >= 0.3 is 0 Å². The molecule has 7 heteroatoms. The Balaban J connectivity index is 1.59. The molecule has 0 bridgehead atoms. The monoisotopic (exact) mass is 393 g/mol. The molecule has 0 unspecified atom stereocenters. The fourth-order valence-electron chi connectivity index (χ4n) is 3.28. The summed E-state index contributed by atoms with van der Waals surface area (Å²) in [5.41, 5.74) is 1.26. The molecule has 0 aromatic heterocycles. The first-order valence-electron chi connectivity index (χ1n) is 8.40. The molecule has 2 heterocycles. The zero-order valence-electron chi connectivity index (χ0n) is 13.9. The van der Waals surface area contributed by atoms with E-state index in [-0.39, 0.29) is 12.5 Å². The smallest absolute Gasteiger partial charge is 0.292 e. The number of hydrogen-bond acceptors (Lipinski definition) is 4. The highest BCUT2D eigenvalue weighted by molar-refractivity contribution is 6.35. The number of benzene rings is 2. The summed E-state index contributed by atoms with van der Waals surface area (Å²) in [4.78, 5) is 14.7. The van der Waals surface area contributed by atoms with Crippen LogP contribution in [0.25, 0.3) is 0 Å². The number of fused-ring (bicyclic) bond motifs is 2. The summed E-state index contributed by atoms with van der Waals surface area (Å²) >= 11 is 12.5. The Labute approximate surface area is 161 Å². The van der Waals surface area contributed by atoms with Crippen LogP contribution in [0.3, 0.4) is 0 Å². The zero-order chi connectivity index (χ0) is 18.1. The van der Waals surface area contributed by atoms with Gasteiger partial charge in [0.25, 0.3) is 11.7 Å². The summed E-state index contributed by atoms with van der Waals surface area (Å²) in [7, 11) is 0. The van der Waals surface area contributed by atoms with Gasteiger partial charge in [-0.1, -0.05) is 47.5 Å². The third kappa shape index (κ3) is 2.85. The van der Waals surface area contributed by atoms with Crippen LogP contribution < -0.4 is 9.64 Å². The van der Waals surface area contributed by atoms with E-state index in [1.54, 1.807) is 29.2 Å². The molecule has 0 N–H and O–H groups in total. The van der Waals surface area contributed by atoms with Crippen molar-refractivity contribution in [3.05, 3.63) is 58.1 Å². The molecule has 2 aliphatic rings. The van der Waals surface area contributed by atoms with Crippen molar-refractivity contribution in [1.29, 1.82) is 0 Å². The molecule has 1 amide bonds. The molecular weight excluding hydrogens is 377 g/mol. The average molecular weight is 394 g/mol. The fraction of sp³-hybridized carbons (Fsp3) is 0.316. The van der Waals surface area contributed by atoms with Crippen LogP contribution in [-0.2, 0) is 20.1 Å². The minimum atomic E-state index is -1.40. The van der Waals surface area contributed by atoms with Crippen LogP contribution in [0.2, 0.25) is 10.0 Å². The normalized spacial score (nSPS) is 18.2. The van der Waals surface area contributed by atoms with Crippen LogP contribution in [0.1, 0.15) is 12.0 Å². The predicted octanol–water partition coefficient (Wildman–Crippen LogP) is 4.01. The highest BCUT2D eigenvalue weighted by atomic mass is 35.5. The van der Waals surface area contributed by atoms with E-state index in [1.165, 1.54) is 0 Å². The topological polar surface area (TPSA) is 48.0 Å². The summed E-state index contributed by atoms with van der Waals surface area (Å²) in [5, 5.41) is 0.998. The number of anilines is 1. The van der Waals surface area contributed by atoms with Crippen LogP contribution >= 0.6 is 23.2 Å². The van der Waals surface area contributed by atoms with Crippen molar-refractivity contribution in [2.24, 2.45) is 0 Å². The van der Waals surface area contributed by atoms with Crippen molar-refractivity contribution in [3.63, 3.8) is 0 Å². The van der Waals surface area contributed by atoms with Gasteiger partial charge in [0.1, 0.15) is 12.4 Å². The second-order valence-electron chi connectivity index (χ2n) is 6.04. The van der Waals surface area contributed by atoms with Crippen LogP contribution in [0.15, 0.2) is 42.5 Å². The standard InChI is InChI=1S/C19H17Cl2NO4/c20-14-6-1-2-8-16(14)24-12-9-22-17-13(5-3-7-15(17)21)19(18(22)23)25-10-4-11-26-19/h1-3,5-8H,4,9-12H2. The molecule has 2 aliphatic heterocycles. The van der Waals surface area contributed by atoms with E-state index in [0.29, 0.717) is 46.8 Å². The third-order valence-corrected chi connectivity index (χ3v) is 5.06. The molecule has 26 heavy (non-hydrogen) atoms. The molecule has 5 nitrogen and oxygen atoms in total. The molecule has 0 aliphatic carbocycles. The first kappa shape index (κ1) is 17.6. The van der Waals surface area contributed by atoms with Gasteiger partial charge in [-0.25, -0.2) is 0 Å². The van der Waals surface area contributed by atoms with E-state index in [4.69, 9.17) is 37.4 Å². The van der Waals surface area contributed by atoms with Crippen LogP contribution in [-0.4, -0.2) is 32.3 Å². The second-order valence-corrected chi connectivity index (χ2v) is 6.85. The maximum atomic E-state index is 13.1. The number of carbonyl (C=O) groups excluding carboxylic acids is 1. The summed E-state index contributed by atoms with van der Waals surface area (Å²) < 4.78 is 17.3. The van der Waals surface area contributed by atoms with Gasteiger partial charge in [0, 0.05) is 5.56 Å². The summed E-state index contributed by atoms with van der Waals surface area (Å²) in [6.07, 6.45) is 0.751. The van der Waals surface area contributed by atoms with Crippen molar-refractivity contribution in [2.45, 2.75) is 12.2 Å². The van der Waals surface area contributed by atoms with E-state index in [2.05, 4.69) is 0 Å². The Hall–Kier alpha value is -1.79. The molecule has 1 spiro atoms. The molecule has 1 fully saturated rings.